The Morgan fingerprint density at radius 2 is 1.69 bits per heavy atom. The van der Waals surface area contributed by atoms with Crippen LogP contribution < -0.4 is 0 Å². The zero-order chi connectivity index (χ0) is 20.4. The molecular formula is C22H29N3O4. The number of nitrogens with zero attached hydrogens (tertiary/aromatic N) is 3. The number of hydrogen-bond donors (Lipinski definition) is 1. The van der Waals surface area contributed by atoms with Crippen molar-refractivity contribution in [3.05, 3.63) is 35.9 Å². The Morgan fingerprint density at radius 3 is 2.28 bits per heavy atom. The zero-order valence-corrected chi connectivity index (χ0v) is 16.8. The van der Waals surface area contributed by atoms with Crippen LogP contribution in [-0.4, -0.2) is 76.4 Å². The third-order valence-corrected chi connectivity index (χ3v) is 6.79. The highest BCUT2D eigenvalue weighted by Crippen LogP contribution is 2.43. The van der Waals surface area contributed by atoms with Gasteiger partial charge in [0, 0.05) is 39.3 Å². The first-order chi connectivity index (χ1) is 14.0. The molecule has 3 aliphatic rings. The number of likely N-dealkylation sites (tertiary alicyclic amines) is 1. The maximum atomic E-state index is 13.1. The summed E-state index contributed by atoms with van der Waals surface area (Å²) in [6.07, 6.45) is 3.50. The van der Waals surface area contributed by atoms with Gasteiger partial charge in [0.2, 0.25) is 11.8 Å². The molecular weight excluding hydrogens is 370 g/mol. The number of benzene rings is 1. The third kappa shape index (κ3) is 3.75. The van der Waals surface area contributed by atoms with Crippen molar-refractivity contribution in [2.45, 2.75) is 44.7 Å². The summed E-state index contributed by atoms with van der Waals surface area (Å²) in [5.74, 6) is -1.06. The fourth-order valence-corrected chi connectivity index (χ4v) is 4.81. The summed E-state index contributed by atoms with van der Waals surface area (Å²) in [4.78, 5) is 43.3. The molecule has 156 valence electrons. The van der Waals surface area contributed by atoms with Crippen LogP contribution in [0.3, 0.4) is 0 Å². The Hall–Kier alpha value is -2.41. The zero-order valence-electron chi connectivity index (χ0n) is 16.8. The van der Waals surface area contributed by atoms with Crippen molar-refractivity contribution in [3.63, 3.8) is 0 Å². The van der Waals surface area contributed by atoms with Gasteiger partial charge in [0.25, 0.3) is 0 Å². The van der Waals surface area contributed by atoms with Crippen molar-refractivity contribution in [1.82, 2.24) is 14.7 Å². The molecule has 29 heavy (non-hydrogen) atoms. The lowest BCUT2D eigenvalue weighted by atomic mass is 9.67. The molecule has 1 N–H and O–H groups in total. The van der Waals surface area contributed by atoms with Gasteiger partial charge < -0.3 is 14.9 Å². The summed E-state index contributed by atoms with van der Waals surface area (Å²) in [5.41, 5.74) is -0.0636. The van der Waals surface area contributed by atoms with Gasteiger partial charge in [-0.3, -0.25) is 19.3 Å². The molecule has 1 saturated carbocycles. The second-order valence-corrected chi connectivity index (χ2v) is 8.47. The molecule has 1 aromatic rings. The Kier molecular flexibility index (Phi) is 5.58. The molecule has 2 saturated heterocycles. The summed E-state index contributed by atoms with van der Waals surface area (Å²) in [6, 6.07) is 9.90. The van der Waals surface area contributed by atoms with Gasteiger partial charge in [-0.2, -0.15) is 0 Å². The molecule has 1 aliphatic carbocycles. The monoisotopic (exact) mass is 399 g/mol. The smallest absolute Gasteiger partial charge is 0.319 e. The molecule has 1 atom stereocenters. The lowest BCUT2D eigenvalue weighted by molar-refractivity contribution is -0.168. The Labute approximate surface area is 171 Å². The van der Waals surface area contributed by atoms with Crippen LogP contribution in [0.4, 0.5) is 0 Å². The van der Waals surface area contributed by atoms with Crippen molar-refractivity contribution in [3.8, 4) is 0 Å². The summed E-state index contributed by atoms with van der Waals surface area (Å²) in [5, 5.41) is 9.52. The van der Waals surface area contributed by atoms with Crippen LogP contribution in [0.5, 0.6) is 0 Å². The van der Waals surface area contributed by atoms with Crippen LogP contribution >= 0.6 is 0 Å². The first kappa shape index (κ1) is 19.9. The fourth-order valence-electron chi connectivity index (χ4n) is 4.81. The van der Waals surface area contributed by atoms with Crippen molar-refractivity contribution >= 4 is 17.8 Å². The lowest BCUT2D eigenvalue weighted by Crippen LogP contribution is -2.61. The molecule has 0 aromatic heterocycles. The van der Waals surface area contributed by atoms with Gasteiger partial charge in [-0.25, -0.2) is 0 Å². The van der Waals surface area contributed by atoms with E-state index in [2.05, 4.69) is 4.90 Å². The van der Waals surface area contributed by atoms with Gasteiger partial charge in [-0.05, 0) is 31.2 Å². The SMILES string of the molecule is O=C1C(N2CCN(C(=O)C3(C(=O)O)CCC3)CC2)CCCN1Cc1ccccc1. The van der Waals surface area contributed by atoms with Gasteiger partial charge in [0.15, 0.2) is 0 Å². The molecule has 2 aliphatic heterocycles. The molecule has 3 fully saturated rings. The van der Waals surface area contributed by atoms with E-state index < -0.39 is 11.4 Å². The summed E-state index contributed by atoms with van der Waals surface area (Å²) in [7, 11) is 0. The highest BCUT2D eigenvalue weighted by molar-refractivity contribution is 6.02. The predicted molar refractivity (Wildman–Crippen MR) is 107 cm³/mol. The first-order valence-electron chi connectivity index (χ1n) is 10.6. The average molecular weight is 399 g/mol. The number of rotatable bonds is 5. The van der Waals surface area contributed by atoms with Crippen LogP contribution in [0.2, 0.25) is 0 Å². The molecule has 2 amide bonds. The van der Waals surface area contributed by atoms with Gasteiger partial charge in [-0.15, -0.1) is 0 Å². The molecule has 0 radical (unpaired) electrons. The van der Waals surface area contributed by atoms with E-state index in [1.54, 1.807) is 4.90 Å². The first-order valence-corrected chi connectivity index (χ1v) is 10.6. The molecule has 0 spiro atoms. The molecule has 7 heteroatoms. The number of amides is 2. The Balaban J connectivity index is 1.35. The molecule has 1 unspecified atom stereocenters. The minimum atomic E-state index is -1.20. The lowest BCUT2D eigenvalue weighted by Gasteiger charge is -2.45. The van der Waals surface area contributed by atoms with Gasteiger partial charge in [0.1, 0.15) is 5.41 Å². The minimum absolute atomic E-state index is 0.137. The molecule has 4 rings (SSSR count). The fraction of sp³-hybridized carbons (Fsp3) is 0.591. The second kappa shape index (κ2) is 8.14. The van der Waals surface area contributed by atoms with E-state index in [-0.39, 0.29) is 17.9 Å². The number of hydrogen-bond acceptors (Lipinski definition) is 4. The molecule has 2 heterocycles. The molecule has 1 aromatic carbocycles. The highest BCUT2D eigenvalue weighted by Gasteiger charge is 2.53. The summed E-state index contributed by atoms with van der Waals surface area (Å²) >= 11 is 0. The topological polar surface area (TPSA) is 81.2 Å². The summed E-state index contributed by atoms with van der Waals surface area (Å²) < 4.78 is 0. The van der Waals surface area contributed by atoms with Crippen LogP contribution in [0, 0.1) is 5.41 Å². The Morgan fingerprint density at radius 1 is 1.00 bits per heavy atom. The van der Waals surface area contributed by atoms with Crippen LogP contribution in [0.1, 0.15) is 37.7 Å². The number of carboxylic acids is 1. The van der Waals surface area contributed by atoms with Crippen LogP contribution in [0.25, 0.3) is 0 Å². The van der Waals surface area contributed by atoms with E-state index in [0.717, 1.165) is 31.4 Å². The molecule has 0 bridgehead atoms. The largest absolute Gasteiger partial charge is 0.480 e. The number of piperazine rings is 1. The Bertz CT molecular complexity index is 770. The van der Waals surface area contributed by atoms with Gasteiger partial charge >= 0.3 is 5.97 Å². The number of aliphatic carboxylic acids is 1. The van der Waals surface area contributed by atoms with Crippen molar-refractivity contribution in [2.75, 3.05) is 32.7 Å². The maximum absolute atomic E-state index is 13.1. The highest BCUT2D eigenvalue weighted by atomic mass is 16.4. The number of carboxylic acid groups (broad SMARTS) is 1. The predicted octanol–water partition coefficient (Wildman–Crippen LogP) is 1.58. The van der Waals surface area contributed by atoms with Crippen molar-refractivity contribution in [1.29, 1.82) is 0 Å². The van der Waals surface area contributed by atoms with Crippen molar-refractivity contribution in [2.24, 2.45) is 5.41 Å². The molecule has 7 nitrogen and oxygen atoms in total. The van der Waals surface area contributed by atoms with E-state index >= 15 is 0 Å². The van der Waals surface area contributed by atoms with E-state index in [0.29, 0.717) is 45.6 Å². The number of carbonyl (C=O) groups is 3. The van der Waals surface area contributed by atoms with Gasteiger partial charge in [0.05, 0.1) is 6.04 Å². The average Bonchev–Trinajstić information content (AvgIpc) is 2.69. The minimum Gasteiger partial charge on any atom is -0.480 e. The van der Waals surface area contributed by atoms with E-state index in [4.69, 9.17) is 0 Å². The summed E-state index contributed by atoms with van der Waals surface area (Å²) in [6.45, 7) is 3.65. The standard InChI is InChI=1S/C22H29N3O4/c26-19-18(8-4-11-25(19)16-17-6-2-1-3-7-17)23-12-14-24(15-13-23)20(27)22(21(28)29)9-5-10-22/h1-3,6-7,18H,4-5,8-16H2,(H,28,29). The second-order valence-electron chi connectivity index (χ2n) is 8.47. The van der Waals surface area contributed by atoms with Crippen LogP contribution in [0.15, 0.2) is 30.3 Å². The maximum Gasteiger partial charge on any atom is 0.319 e. The van der Waals surface area contributed by atoms with Crippen LogP contribution in [-0.2, 0) is 20.9 Å². The number of carbonyl (C=O) groups excluding carboxylic acids is 2. The third-order valence-electron chi connectivity index (χ3n) is 6.79. The van der Waals surface area contributed by atoms with E-state index in [1.165, 1.54) is 0 Å². The van der Waals surface area contributed by atoms with Gasteiger partial charge in [-0.1, -0.05) is 36.8 Å². The normalized spacial score (nSPS) is 24.8. The van der Waals surface area contributed by atoms with E-state index in [9.17, 15) is 19.5 Å². The quantitative estimate of drug-likeness (QED) is 0.761. The van der Waals surface area contributed by atoms with Crippen molar-refractivity contribution < 1.29 is 19.5 Å². The van der Waals surface area contributed by atoms with E-state index in [1.807, 2.05) is 35.2 Å². The number of piperidine rings is 1.